The van der Waals surface area contributed by atoms with Crippen LogP contribution in [0.25, 0.3) is 16.8 Å². The van der Waals surface area contributed by atoms with Crippen LogP contribution in [0.3, 0.4) is 0 Å². The molecule has 0 radical (unpaired) electrons. The summed E-state index contributed by atoms with van der Waals surface area (Å²) in [5.74, 6) is 0. The molecular formula is C15H13N3O2S. The highest BCUT2D eigenvalue weighted by atomic mass is 32.2. The Morgan fingerprint density at radius 1 is 1.05 bits per heavy atom. The Morgan fingerprint density at radius 3 is 2.57 bits per heavy atom. The smallest absolute Gasteiger partial charge is 0.238 e. The molecule has 1 heterocycles. The molecule has 0 bridgehead atoms. The summed E-state index contributed by atoms with van der Waals surface area (Å²) < 4.78 is 24.9. The quantitative estimate of drug-likeness (QED) is 0.805. The molecule has 3 aromatic rings. The summed E-state index contributed by atoms with van der Waals surface area (Å²) in [6.45, 7) is 0. The second kappa shape index (κ2) is 5.16. The van der Waals surface area contributed by atoms with E-state index >= 15 is 0 Å². The summed E-state index contributed by atoms with van der Waals surface area (Å²) in [5, 5.41) is 5.19. The van der Waals surface area contributed by atoms with Gasteiger partial charge in [0, 0.05) is 18.0 Å². The number of para-hydroxylation sites is 1. The highest BCUT2D eigenvalue weighted by Gasteiger charge is 2.11. The third kappa shape index (κ3) is 2.72. The number of hydrogen-bond donors (Lipinski definition) is 1. The third-order valence-electron chi connectivity index (χ3n) is 3.16. The number of imidazole rings is 1. The van der Waals surface area contributed by atoms with Gasteiger partial charge < -0.3 is 4.57 Å². The topological polar surface area (TPSA) is 78.0 Å². The van der Waals surface area contributed by atoms with E-state index < -0.39 is 10.0 Å². The van der Waals surface area contributed by atoms with E-state index in [1.165, 1.54) is 6.07 Å². The Kier molecular flexibility index (Phi) is 3.32. The molecule has 106 valence electrons. The molecule has 0 aliphatic heterocycles. The molecule has 6 heteroatoms. The number of nitrogens with zero attached hydrogens (tertiary/aromatic N) is 2. The second-order valence-electron chi connectivity index (χ2n) is 4.56. The fourth-order valence-corrected chi connectivity index (χ4v) is 2.74. The minimum absolute atomic E-state index is 0.0976. The van der Waals surface area contributed by atoms with Gasteiger partial charge in [0.1, 0.15) is 0 Å². The van der Waals surface area contributed by atoms with Crippen molar-refractivity contribution in [3.63, 3.8) is 0 Å². The van der Waals surface area contributed by atoms with E-state index in [4.69, 9.17) is 5.14 Å². The van der Waals surface area contributed by atoms with E-state index in [0.717, 1.165) is 16.8 Å². The van der Waals surface area contributed by atoms with Crippen molar-refractivity contribution < 1.29 is 8.42 Å². The zero-order chi connectivity index (χ0) is 14.9. The molecule has 0 saturated carbocycles. The number of nitrogens with two attached hydrogens (primary N) is 1. The van der Waals surface area contributed by atoms with Gasteiger partial charge in [-0.25, -0.2) is 18.5 Å². The molecule has 0 aliphatic carbocycles. The maximum atomic E-state index is 11.5. The minimum Gasteiger partial charge on any atom is -0.306 e. The van der Waals surface area contributed by atoms with Crippen LogP contribution in [0, 0.1) is 0 Å². The molecule has 0 spiro atoms. The summed E-state index contributed by atoms with van der Waals surface area (Å²) in [5.41, 5.74) is 2.60. The summed E-state index contributed by atoms with van der Waals surface area (Å²) >= 11 is 0. The van der Waals surface area contributed by atoms with Gasteiger partial charge in [0.05, 0.1) is 16.9 Å². The lowest BCUT2D eigenvalue weighted by molar-refractivity contribution is 0.598. The lowest BCUT2D eigenvalue weighted by atomic mass is 10.0. The van der Waals surface area contributed by atoms with Crippen LogP contribution in [0.4, 0.5) is 0 Å². The van der Waals surface area contributed by atoms with Crippen molar-refractivity contribution >= 4 is 10.0 Å². The largest absolute Gasteiger partial charge is 0.306 e. The fourth-order valence-electron chi connectivity index (χ4n) is 2.19. The predicted molar refractivity (Wildman–Crippen MR) is 80.4 cm³/mol. The molecule has 5 nitrogen and oxygen atoms in total. The Balaban J connectivity index is 2.18. The van der Waals surface area contributed by atoms with Crippen molar-refractivity contribution in [1.29, 1.82) is 0 Å². The van der Waals surface area contributed by atoms with E-state index in [2.05, 4.69) is 4.98 Å². The molecule has 21 heavy (non-hydrogen) atoms. The zero-order valence-electron chi connectivity index (χ0n) is 11.0. The van der Waals surface area contributed by atoms with Crippen LogP contribution in [0.15, 0.2) is 72.1 Å². The minimum atomic E-state index is -3.72. The van der Waals surface area contributed by atoms with E-state index in [1.54, 1.807) is 24.7 Å². The van der Waals surface area contributed by atoms with Gasteiger partial charge >= 0.3 is 0 Å². The van der Waals surface area contributed by atoms with E-state index in [-0.39, 0.29) is 4.90 Å². The maximum Gasteiger partial charge on any atom is 0.238 e. The number of hydrogen-bond acceptors (Lipinski definition) is 3. The van der Waals surface area contributed by atoms with Gasteiger partial charge in [0.15, 0.2) is 0 Å². The van der Waals surface area contributed by atoms with Gasteiger partial charge in [0.25, 0.3) is 0 Å². The molecule has 0 atom stereocenters. The molecule has 0 amide bonds. The van der Waals surface area contributed by atoms with Gasteiger partial charge in [-0.15, -0.1) is 0 Å². The number of benzene rings is 2. The first-order valence-corrected chi connectivity index (χ1v) is 7.81. The van der Waals surface area contributed by atoms with E-state index in [0.29, 0.717) is 0 Å². The maximum absolute atomic E-state index is 11.5. The molecule has 3 rings (SSSR count). The van der Waals surface area contributed by atoms with Gasteiger partial charge in [-0.05, 0) is 23.8 Å². The van der Waals surface area contributed by atoms with Gasteiger partial charge in [-0.1, -0.05) is 30.3 Å². The van der Waals surface area contributed by atoms with Gasteiger partial charge in [-0.3, -0.25) is 0 Å². The summed E-state index contributed by atoms with van der Waals surface area (Å²) in [6, 6.07) is 14.3. The monoisotopic (exact) mass is 299 g/mol. The average Bonchev–Trinajstić information content (AvgIpc) is 3.01. The SMILES string of the molecule is NS(=O)(=O)c1cccc(-c2ccccc2-n2ccnc2)c1. The van der Waals surface area contributed by atoms with Crippen molar-refractivity contribution in [1.82, 2.24) is 9.55 Å². The molecule has 2 aromatic carbocycles. The van der Waals surface area contributed by atoms with Crippen LogP contribution < -0.4 is 5.14 Å². The highest BCUT2D eigenvalue weighted by Crippen LogP contribution is 2.28. The predicted octanol–water partition coefficient (Wildman–Crippen LogP) is 2.19. The van der Waals surface area contributed by atoms with Crippen LogP contribution >= 0.6 is 0 Å². The van der Waals surface area contributed by atoms with Crippen molar-refractivity contribution in [3.05, 3.63) is 67.3 Å². The van der Waals surface area contributed by atoms with Crippen molar-refractivity contribution in [3.8, 4) is 16.8 Å². The lowest BCUT2D eigenvalue weighted by Gasteiger charge is -2.11. The molecule has 1 aromatic heterocycles. The van der Waals surface area contributed by atoms with Crippen LogP contribution in [0.5, 0.6) is 0 Å². The number of rotatable bonds is 3. The Hall–Kier alpha value is -2.44. The van der Waals surface area contributed by atoms with Crippen LogP contribution in [0.2, 0.25) is 0 Å². The zero-order valence-corrected chi connectivity index (χ0v) is 11.9. The van der Waals surface area contributed by atoms with Crippen molar-refractivity contribution in [2.75, 3.05) is 0 Å². The molecule has 0 fully saturated rings. The Labute approximate surface area is 122 Å². The highest BCUT2D eigenvalue weighted by molar-refractivity contribution is 7.89. The molecule has 2 N–H and O–H groups in total. The Bertz CT molecular complexity index is 871. The van der Waals surface area contributed by atoms with Crippen LogP contribution in [-0.4, -0.2) is 18.0 Å². The van der Waals surface area contributed by atoms with Crippen molar-refractivity contribution in [2.24, 2.45) is 5.14 Å². The summed E-state index contributed by atoms with van der Waals surface area (Å²) in [4.78, 5) is 4.13. The number of sulfonamides is 1. The molecule has 0 unspecified atom stereocenters. The second-order valence-corrected chi connectivity index (χ2v) is 6.12. The summed E-state index contributed by atoms with van der Waals surface area (Å²) in [6.07, 6.45) is 5.22. The molecular weight excluding hydrogens is 286 g/mol. The normalized spacial score (nSPS) is 11.5. The van der Waals surface area contributed by atoms with Gasteiger partial charge in [0.2, 0.25) is 10.0 Å². The Morgan fingerprint density at radius 2 is 1.86 bits per heavy atom. The first kappa shape index (κ1) is 13.5. The first-order chi connectivity index (χ1) is 10.1. The molecule has 0 saturated heterocycles. The van der Waals surface area contributed by atoms with Crippen LogP contribution in [0.1, 0.15) is 0 Å². The fraction of sp³-hybridized carbons (Fsp3) is 0. The number of primary sulfonamides is 1. The van der Waals surface area contributed by atoms with Crippen LogP contribution in [-0.2, 0) is 10.0 Å². The standard InChI is InChI=1S/C15H13N3O2S/c16-21(19,20)13-5-3-4-12(10-13)14-6-1-2-7-15(14)18-9-8-17-11-18/h1-11H,(H2,16,19,20). The third-order valence-corrected chi connectivity index (χ3v) is 4.07. The molecule has 0 aliphatic rings. The first-order valence-electron chi connectivity index (χ1n) is 6.26. The average molecular weight is 299 g/mol. The summed E-state index contributed by atoms with van der Waals surface area (Å²) in [7, 11) is -3.72. The lowest BCUT2D eigenvalue weighted by Crippen LogP contribution is -2.12. The van der Waals surface area contributed by atoms with E-state index in [9.17, 15) is 8.42 Å². The van der Waals surface area contributed by atoms with Gasteiger partial charge in [-0.2, -0.15) is 0 Å². The number of aromatic nitrogens is 2. The van der Waals surface area contributed by atoms with E-state index in [1.807, 2.05) is 41.1 Å². The van der Waals surface area contributed by atoms with Crippen molar-refractivity contribution in [2.45, 2.75) is 4.90 Å².